The first kappa shape index (κ1) is 19.3. The lowest BCUT2D eigenvalue weighted by Crippen LogP contribution is -2.43. The molecule has 7 nitrogen and oxygen atoms in total. The Kier molecular flexibility index (Phi) is 4.46. The summed E-state index contributed by atoms with van der Waals surface area (Å²) in [4.78, 5) is 4.55. The van der Waals surface area contributed by atoms with E-state index in [9.17, 15) is 8.42 Å². The Morgan fingerprint density at radius 1 is 1.13 bits per heavy atom. The molecule has 1 aliphatic rings. The predicted octanol–water partition coefficient (Wildman–Crippen LogP) is 3.55. The highest BCUT2D eigenvalue weighted by atomic mass is 35.5. The maximum absolute atomic E-state index is 13.7. The van der Waals surface area contributed by atoms with Crippen molar-refractivity contribution < 1.29 is 8.42 Å². The van der Waals surface area contributed by atoms with E-state index in [2.05, 4.69) is 15.4 Å². The molecule has 154 valence electrons. The molecule has 4 heterocycles. The Balaban J connectivity index is 1.78. The standard InChI is InChI=1S/C21H20ClN5O2S/c1-13-3-5-16(6-4-13)30(28,29)27-20(9-17-19(22)7-8-24-21(17)27)18-12-26(25-14(18)2)15-10-23-11-15/h3-9,12,15,23H,10-11H2,1-2H3. The van der Waals surface area contributed by atoms with Crippen molar-refractivity contribution in [1.82, 2.24) is 24.1 Å². The van der Waals surface area contributed by atoms with Gasteiger partial charge in [0.1, 0.15) is 0 Å². The van der Waals surface area contributed by atoms with Crippen LogP contribution in [-0.4, -0.2) is 40.2 Å². The van der Waals surface area contributed by atoms with Gasteiger partial charge in [0.2, 0.25) is 0 Å². The zero-order chi connectivity index (χ0) is 21.0. The first-order valence-corrected chi connectivity index (χ1v) is 11.4. The molecule has 30 heavy (non-hydrogen) atoms. The topological polar surface area (TPSA) is 81.8 Å². The molecule has 0 bridgehead atoms. The fraction of sp³-hybridized carbons (Fsp3) is 0.238. The second-order valence-electron chi connectivity index (χ2n) is 7.56. The number of halogens is 1. The van der Waals surface area contributed by atoms with Gasteiger partial charge in [0.25, 0.3) is 10.0 Å². The normalized spacial score (nSPS) is 14.9. The van der Waals surface area contributed by atoms with Gasteiger partial charge in [0, 0.05) is 36.4 Å². The summed E-state index contributed by atoms with van der Waals surface area (Å²) in [5.41, 5.74) is 3.28. The third-order valence-corrected chi connectivity index (χ3v) is 7.54. The van der Waals surface area contributed by atoms with E-state index in [0.717, 1.165) is 29.9 Å². The number of hydrogen-bond acceptors (Lipinski definition) is 5. The zero-order valence-electron chi connectivity index (χ0n) is 16.5. The van der Waals surface area contributed by atoms with Crippen molar-refractivity contribution in [3.05, 3.63) is 65.1 Å². The van der Waals surface area contributed by atoms with Crippen molar-refractivity contribution in [3.8, 4) is 11.3 Å². The monoisotopic (exact) mass is 441 g/mol. The first-order chi connectivity index (χ1) is 14.4. The molecular formula is C21H20ClN5O2S. The van der Waals surface area contributed by atoms with Crippen LogP contribution in [0.1, 0.15) is 17.3 Å². The van der Waals surface area contributed by atoms with Crippen LogP contribution in [0.3, 0.4) is 0 Å². The summed E-state index contributed by atoms with van der Waals surface area (Å²) >= 11 is 6.40. The average molecular weight is 442 g/mol. The number of pyridine rings is 1. The number of hydrogen-bond donors (Lipinski definition) is 1. The number of aryl methyl sites for hydroxylation is 2. The average Bonchev–Trinajstić information content (AvgIpc) is 3.22. The van der Waals surface area contributed by atoms with Crippen molar-refractivity contribution >= 4 is 32.7 Å². The lowest BCUT2D eigenvalue weighted by Gasteiger charge is -2.27. The van der Waals surface area contributed by atoms with Crippen LogP contribution < -0.4 is 5.32 Å². The number of nitrogens with zero attached hydrogens (tertiary/aromatic N) is 4. The third kappa shape index (κ3) is 2.94. The van der Waals surface area contributed by atoms with Crippen LogP contribution in [0.25, 0.3) is 22.3 Å². The number of aromatic nitrogens is 4. The molecule has 3 aromatic heterocycles. The molecule has 0 saturated carbocycles. The minimum atomic E-state index is -3.91. The summed E-state index contributed by atoms with van der Waals surface area (Å²) in [6.07, 6.45) is 3.43. The minimum absolute atomic E-state index is 0.196. The molecule has 0 amide bonds. The third-order valence-electron chi connectivity index (χ3n) is 5.49. The summed E-state index contributed by atoms with van der Waals surface area (Å²) in [5.74, 6) is 0. The zero-order valence-corrected chi connectivity index (χ0v) is 18.1. The van der Waals surface area contributed by atoms with Gasteiger partial charge in [0.15, 0.2) is 5.65 Å². The highest BCUT2D eigenvalue weighted by Gasteiger charge is 2.28. The molecule has 5 rings (SSSR count). The van der Waals surface area contributed by atoms with Gasteiger partial charge in [-0.1, -0.05) is 29.3 Å². The van der Waals surface area contributed by atoms with Gasteiger partial charge < -0.3 is 5.32 Å². The van der Waals surface area contributed by atoms with Gasteiger partial charge >= 0.3 is 0 Å². The lowest BCUT2D eigenvalue weighted by molar-refractivity contribution is 0.317. The molecule has 0 spiro atoms. The number of benzene rings is 1. The molecule has 0 aliphatic carbocycles. The molecule has 1 aliphatic heterocycles. The van der Waals surface area contributed by atoms with Gasteiger partial charge in [-0.15, -0.1) is 0 Å². The lowest BCUT2D eigenvalue weighted by atomic mass is 10.1. The predicted molar refractivity (Wildman–Crippen MR) is 116 cm³/mol. The summed E-state index contributed by atoms with van der Waals surface area (Å²) in [7, 11) is -3.91. The van der Waals surface area contributed by atoms with E-state index in [1.54, 1.807) is 36.4 Å². The second kappa shape index (κ2) is 6.94. The van der Waals surface area contributed by atoms with Gasteiger partial charge in [-0.3, -0.25) is 4.68 Å². The molecule has 1 aromatic carbocycles. The van der Waals surface area contributed by atoms with Gasteiger partial charge in [-0.2, -0.15) is 5.10 Å². The van der Waals surface area contributed by atoms with Crippen LogP contribution in [0.2, 0.25) is 5.02 Å². The van der Waals surface area contributed by atoms with Crippen molar-refractivity contribution in [1.29, 1.82) is 0 Å². The fourth-order valence-corrected chi connectivity index (χ4v) is 5.34. The molecule has 4 aromatic rings. The van der Waals surface area contributed by atoms with E-state index >= 15 is 0 Å². The SMILES string of the molecule is Cc1ccc(S(=O)(=O)n2c(-c3cn(C4CNC4)nc3C)cc3c(Cl)ccnc32)cc1. The maximum atomic E-state index is 13.7. The van der Waals surface area contributed by atoms with Crippen LogP contribution in [0.5, 0.6) is 0 Å². The van der Waals surface area contributed by atoms with E-state index in [0.29, 0.717) is 21.7 Å². The Hall–Kier alpha value is -2.68. The van der Waals surface area contributed by atoms with Crippen molar-refractivity contribution in [2.45, 2.75) is 24.8 Å². The Labute approximate surface area is 179 Å². The van der Waals surface area contributed by atoms with E-state index in [-0.39, 0.29) is 10.9 Å². The van der Waals surface area contributed by atoms with Crippen molar-refractivity contribution in [2.75, 3.05) is 13.1 Å². The molecular weight excluding hydrogens is 422 g/mol. The van der Waals surface area contributed by atoms with E-state index in [1.807, 2.05) is 24.7 Å². The Morgan fingerprint density at radius 2 is 1.87 bits per heavy atom. The second-order valence-corrected chi connectivity index (χ2v) is 9.76. The smallest absolute Gasteiger partial charge is 0.269 e. The van der Waals surface area contributed by atoms with Crippen molar-refractivity contribution in [3.63, 3.8) is 0 Å². The molecule has 1 saturated heterocycles. The number of fused-ring (bicyclic) bond motifs is 1. The van der Waals surface area contributed by atoms with E-state index in [4.69, 9.17) is 11.6 Å². The Bertz CT molecular complexity index is 1370. The van der Waals surface area contributed by atoms with Gasteiger partial charge in [-0.05, 0) is 38.1 Å². The summed E-state index contributed by atoms with van der Waals surface area (Å²) < 4.78 is 30.6. The molecule has 1 N–H and O–H groups in total. The highest BCUT2D eigenvalue weighted by molar-refractivity contribution is 7.90. The maximum Gasteiger partial charge on any atom is 0.269 e. The Morgan fingerprint density at radius 3 is 2.53 bits per heavy atom. The van der Waals surface area contributed by atoms with Gasteiger partial charge in [0.05, 0.1) is 27.3 Å². The largest absolute Gasteiger partial charge is 0.312 e. The molecule has 0 atom stereocenters. The fourth-order valence-electron chi connectivity index (χ4n) is 3.67. The van der Waals surface area contributed by atoms with Crippen LogP contribution in [0.4, 0.5) is 0 Å². The summed E-state index contributed by atoms with van der Waals surface area (Å²) in [6.45, 7) is 5.49. The number of nitrogens with one attached hydrogen (secondary N) is 1. The summed E-state index contributed by atoms with van der Waals surface area (Å²) in [6, 6.07) is 10.5. The van der Waals surface area contributed by atoms with E-state index < -0.39 is 10.0 Å². The van der Waals surface area contributed by atoms with Crippen LogP contribution >= 0.6 is 11.6 Å². The molecule has 0 radical (unpaired) electrons. The van der Waals surface area contributed by atoms with Crippen molar-refractivity contribution in [2.24, 2.45) is 0 Å². The molecule has 1 fully saturated rings. The van der Waals surface area contributed by atoms with Crippen LogP contribution in [-0.2, 0) is 10.0 Å². The molecule has 0 unspecified atom stereocenters. The minimum Gasteiger partial charge on any atom is -0.312 e. The van der Waals surface area contributed by atoms with Crippen LogP contribution in [0, 0.1) is 13.8 Å². The molecule has 9 heteroatoms. The van der Waals surface area contributed by atoms with E-state index in [1.165, 1.54) is 10.2 Å². The van der Waals surface area contributed by atoms with Crippen LogP contribution in [0.15, 0.2) is 53.7 Å². The van der Waals surface area contributed by atoms with Gasteiger partial charge in [-0.25, -0.2) is 17.4 Å². The first-order valence-electron chi connectivity index (χ1n) is 9.61. The summed E-state index contributed by atoms with van der Waals surface area (Å²) in [5, 5.41) is 8.89. The number of rotatable bonds is 4. The highest BCUT2D eigenvalue weighted by Crippen LogP contribution is 2.36. The quantitative estimate of drug-likeness (QED) is 0.523.